The van der Waals surface area contributed by atoms with Gasteiger partial charge in [0.2, 0.25) is 5.91 Å². The fourth-order valence-electron chi connectivity index (χ4n) is 2.28. The Labute approximate surface area is 145 Å². The first-order valence-corrected chi connectivity index (χ1v) is 8.02. The Morgan fingerprint density at radius 2 is 1.96 bits per heavy atom. The molecule has 6 nitrogen and oxygen atoms in total. The monoisotopic (exact) mass is 388 g/mol. The van der Waals surface area contributed by atoms with E-state index in [9.17, 15) is 14.4 Å². The van der Waals surface area contributed by atoms with Gasteiger partial charge >= 0.3 is 5.76 Å². The molecule has 1 heterocycles. The predicted octanol–water partition coefficient (Wildman–Crippen LogP) is 3.49. The number of aromatic amines is 1. The number of nitrogens with one attached hydrogen (secondary N) is 2. The Balaban J connectivity index is 1.61. The highest BCUT2D eigenvalue weighted by atomic mass is 79.9. The zero-order valence-electron chi connectivity index (χ0n) is 12.5. The van der Waals surface area contributed by atoms with Gasteiger partial charge in [-0.25, -0.2) is 4.79 Å². The number of benzene rings is 2. The summed E-state index contributed by atoms with van der Waals surface area (Å²) in [5.41, 5.74) is 1.92. The molecule has 0 aliphatic carbocycles. The van der Waals surface area contributed by atoms with Crippen molar-refractivity contribution in [2.75, 3.05) is 5.32 Å². The third-order valence-corrected chi connectivity index (χ3v) is 3.92. The fourth-order valence-corrected chi connectivity index (χ4v) is 2.68. The first-order valence-electron chi connectivity index (χ1n) is 7.23. The fraction of sp³-hybridized carbons (Fsp3) is 0.118. The molecule has 0 fully saturated rings. The first-order chi connectivity index (χ1) is 11.5. The summed E-state index contributed by atoms with van der Waals surface area (Å²) >= 11 is 3.33. The number of fused-ring (bicyclic) bond motifs is 1. The first kappa shape index (κ1) is 16.2. The minimum absolute atomic E-state index is 0.0694. The van der Waals surface area contributed by atoms with Crippen molar-refractivity contribution in [1.82, 2.24) is 4.98 Å². The van der Waals surface area contributed by atoms with E-state index in [-0.39, 0.29) is 24.5 Å². The van der Waals surface area contributed by atoms with Gasteiger partial charge in [-0.15, -0.1) is 0 Å². The van der Waals surface area contributed by atoms with Crippen LogP contribution in [0.25, 0.3) is 11.1 Å². The number of aromatic nitrogens is 1. The molecule has 3 rings (SSSR count). The molecule has 2 N–H and O–H groups in total. The summed E-state index contributed by atoms with van der Waals surface area (Å²) in [4.78, 5) is 37.7. The van der Waals surface area contributed by atoms with Crippen LogP contribution in [0.4, 0.5) is 5.69 Å². The zero-order chi connectivity index (χ0) is 17.1. The Hall–Kier alpha value is -2.67. The Morgan fingerprint density at radius 3 is 2.75 bits per heavy atom. The molecule has 0 aliphatic rings. The van der Waals surface area contributed by atoms with Crippen molar-refractivity contribution in [2.45, 2.75) is 12.8 Å². The van der Waals surface area contributed by atoms with E-state index < -0.39 is 5.76 Å². The van der Waals surface area contributed by atoms with Crippen LogP contribution in [0.15, 0.2) is 56.1 Å². The SMILES string of the molecule is O=C(CCC(=O)c1ccc2[nH]c(=O)oc2c1)Nc1cccc(Br)c1. The molecule has 1 amide bonds. The molecule has 1 aromatic heterocycles. The van der Waals surface area contributed by atoms with Gasteiger partial charge in [-0.05, 0) is 36.4 Å². The quantitative estimate of drug-likeness (QED) is 0.654. The largest absolute Gasteiger partial charge is 0.417 e. The third-order valence-electron chi connectivity index (χ3n) is 3.43. The van der Waals surface area contributed by atoms with Crippen LogP contribution in [0.5, 0.6) is 0 Å². The number of Topliss-reactive ketones (excluding diaryl/α,β-unsaturated/α-hetero) is 1. The minimum atomic E-state index is -0.567. The van der Waals surface area contributed by atoms with E-state index in [0.29, 0.717) is 22.4 Å². The number of halogens is 1. The van der Waals surface area contributed by atoms with Gasteiger partial charge in [-0.3, -0.25) is 14.6 Å². The topological polar surface area (TPSA) is 92.2 Å². The van der Waals surface area contributed by atoms with Crippen LogP contribution in [0, 0.1) is 0 Å². The molecular formula is C17H13BrN2O4. The van der Waals surface area contributed by atoms with E-state index in [1.54, 1.807) is 24.3 Å². The number of rotatable bonds is 5. The van der Waals surface area contributed by atoms with Crippen LogP contribution >= 0.6 is 15.9 Å². The van der Waals surface area contributed by atoms with Gasteiger partial charge in [-0.2, -0.15) is 0 Å². The summed E-state index contributed by atoms with van der Waals surface area (Å²) < 4.78 is 5.79. The van der Waals surface area contributed by atoms with Gasteiger partial charge in [0, 0.05) is 28.6 Å². The smallest absolute Gasteiger partial charge is 0.408 e. The number of anilines is 1. The highest BCUT2D eigenvalue weighted by molar-refractivity contribution is 9.10. The van der Waals surface area contributed by atoms with Crippen molar-refractivity contribution in [3.8, 4) is 0 Å². The molecule has 24 heavy (non-hydrogen) atoms. The second-order valence-electron chi connectivity index (χ2n) is 5.21. The van der Waals surface area contributed by atoms with E-state index in [1.807, 2.05) is 12.1 Å². The van der Waals surface area contributed by atoms with Gasteiger partial charge in [0.05, 0.1) is 5.52 Å². The number of oxazole rings is 1. The highest BCUT2D eigenvalue weighted by Crippen LogP contribution is 2.17. The number of carbonyl (C=O) groups is 2. The van der Waals surface area contributed by atoms with Crippen molar-refractivity contribution in [1.29, 1.82) is 0 Å². The molecule has 0 spiro atoms. The van der Waals surface area contributed by atoms with E-state index in [4.69, 9.17) is 4.42 Å². The Bertz CT molecular complexity index is 974. The molecule has 7 heteroatoms. The molecule has 2 aromatic carbocycles. The van der Waals surface area contributed by atoms with Gasteiger partial charge < -0.3 is 9.73 Å². The molecule has 0 saturated carbocycles. The van der Waals surface area contributed by atoms with Crippen molar-refractivity contribution in [2.24, 2.45) is 0 Å². The number of amides is 1. The summed E-state index contributed by atoms with van der Waals surface area (Å²) in [5.74, 6) is -0.996. The van der Waals surface area contributed by atoms with Crippen LogP contribution in [-0.2, 0) is 4.79 Å². The molecule has 0 bridgehead atoms. The van der Waals surface area contributed by atoms with Crippen molar-refractivity contribution < 1.29 is 14.0 Å². The minimum Gasteiger partial charge on any atom is -0.408 e. The number of carbonyl (C=O) groups excluding carboxylic acids is 2. The molecule has 0 unspecified atom stereocenters. The molecule has 0 saturated heterocycles. The second-order valence-corrected chi connectivity index (χ2v) is 6.12. The highest BCUT2D eigenvalue weighted by Gasteiger charge is 2.12. The third kappa shape index (κ3) is 3.80. The van der Waals surface area contributed by atoms with Crippen LogP contribution in [0.2, 0.25) is 0 Å². The van der Waals surface area contributed by atoms with E-state index in [2.05, 4.69) is 26.2 Å². The van der Waals surface area contributed by atoms with E-state index >= 15 is 0 Å². The van der Waals surface area contributed by atoms with Gasteiger partial charge in [-0.1, -0.05) is 22.0 Å². The van der Waals surface area contributed by atoms with Crippen LogP contribution in [0.3, 0.4) is 0 Å². The zero-order valence-corrected chi connectivity index (χ0v) is 14.1. The maximum absolute atomic E-state index is 12.2. The normalized spacial score (nSPS) is 10.7. The standard InChI is InChI=1S/C17H13BrN2O4/c18-11-2-1-3-12(9-11)19-16(22)7-6-14(21)10-4-5-13-15(8-10)24-17(23)20-13/h1-5,8-9H,6-7H2,(H,19,22)(H,20,23). The Kier molecular flexibility index (Phi) is 4.61. The van der Waals surface area contributed by atoms with Crippen LogP contribution < -0.4 is 11.1 Å². The second kappa shape index (κ2) is 6.84. The van der Waals surface area contributed by atoms with Crippen LogP contribution in [0.1, 0.15) is 23.2 Å². The maximum Gasteiger partial charge on any atom is 0.417 e. The summed E-state index contributed by atoms with van der Waals surface area (Å²) in [6.45, 7) is 0. The number of H-pyrrole nitrogens is 1. The predicted molar refractivity (Wildman–Crippen MR) is 93.2 cm³/mol. The maximum atomic E-state index is 12.2. The number of hydrogen-bond donors (Lipinski definition) is 2. The summed E-state index contributed by atoms with van der Waals surface area (Å²) in [6.07, 6.45) is 0.139. The molecule has 0 radical (unpaired) electrons. The van der Waals surface area contributed by atoms with Gasteiger partial charge in [0.25, 0.3) is 0 Å². The van der Waals surface area contributed by atoms with E-state index in [1.165, 1.54) is 6.07 Å². The van der Waals surface area contributed by atoms with Gasteiger partial charge in [0.1, 0.15) is 0 Å². The van der Waals surface area contributed by atoms with Crippen molar-refractivity contribution in [3.05, 3.63) is 63.1 Å². The molecule has 122 valence electrons. The molecule has 0 atom stereocenters. The van der Waals surface area contributed by atoms with Gasteiger partial charge in [0.15, 0.2) is 11.4 Å². The molecule has 3 aromatic rings. The van der Waals surface area contributed by atoms with Crippen LogP contribution in [-0.4, -0.2) is 16.7 Å². The lowest BCUT2D eigenvalue weighted by Gasteiger charge is -2.05. The van der Waals surface area contributed by atoms with Crippen molar-refractivity contribution >= 4 is 44.4 Å². The summed E-state index contributed by atoms with van der Waals surface area (Å²) in [5, 5.41) is 2.74. The lowest BCUT2D eigenvalue weighted by atomic mass is 10.1. The van der Waals surface area contributed by atoms with E-state index in [0.717, 1.165) is 4.47 Å². The Morgan fingerprint density at radius 1 is 1.12 bits per heavy atom. The average Bonchev–Trinajstić information content (AvgIpc) is 2.91. The summed E-state index contributed by atoms with van der Waals surface area (Å²) in [6, 6.07) is 11.9. The van der Waals surface area contributed by atoms with Crippen molar-refractivity contribution in [3.63, 3.8) is 0 Å². The number of hydrogen-bond acceptors (Lipinski definition) is 4. The summed E-state index contributed by atoms with van der Waals surface area (Å²) in [7, 11) is 0. The molecule has 0 aliphatic heterocycles. The average molecular weight is 389 g/mol. The number of ketones is 1. The lowest BCUT2D eigenvalue weighted by molar-refractivity contribution is -0.116. The lowest BCUT2D eigenvalue weighted by Crippen LogP contribution is -2.13. The molecular weight excluding hydrogens is 376 g/mol.